The number of carboxylic acids is 1. The molecule has 2 aromatic carbocycles. The van der Waals surface area contributed by atoms with Gasteiger partial charge in [0.15, 0.2) is 11.5 Å². The lowest BCUT2D eigenvalue weighted by Crippen LogP contribution is -2.16. The van der Waals surface area contributed by atoms with Crippen LogP contribution >= 0.6 is 0 Å². The fourth-order valence-electron chi connectivity index (χ4n) is 2.25. The Labute approximate surface area is 144 Å². The first kappa shape index (κ1) is 16.8. The van der Waals surface area contributed by atoms with Crippen LogP contribution in [0.1, 0.15) is 5.56 Å². The molecule has 0 amide bonds. The van der Waals surface area contributed by atoms with E-state index in [9.17, 15) is 13.2 Å². The quantitative estimate of drug-likeness (QED) is 0.793. The highest BCUT2D eigenvalue weighted by Crippen LogP contribution is 2.33. The highest BCUT2D eigenvalue weighted by atomic mass is 32.2. The van der Waals surface area contributed by atoms with Gasteiger partial charge in [-0.05, 0) is 35.9 Å². The lowest BCUT2D eigenvalue weighted by atomic mass is 10.2. The summed E-state index contributed by atoms with van der Waals surface area (Å²) in [6.45, 7) is 0.870. The van der Waals surface area contributed by atoms with E-state index in [4.69, 9.17) is 14.6 Å². The molecule has 2 N–H and O–H groups in total. The zero-order valence-corrected chi connectivity index (χ0v) is 13.8. The zero-order chi connectivity index (χ0) is 17.9. The molecule has 1 heterocycles. The van der Waals surface area contributed by atoms with E-state index in [-0.39, 0.29) is 4.90 Å². The molecular weight excluding hydrogens is 346 g/mol. The first-order chi connectivity index (χ1) is 11.9. The highest BCUT2D eigenvalue weighted by Gasteiger charge is 2.17. The third kappa shape index (κ3) is 4.10. The van der Waals surface area contributed by atoms with Crippen LogP contribution in [0.2, 0.25) is 0 Å². The number of nitrogens with one attached hydrogen (secondary N) is 1. The normalized spacial score (nSPS) is 13.6. The van der Waals surface area contributed by atoms with Gasteiger partial charge in [-0.25, -0.2) is 13.2 Å². The Balaban J connectivity index is 1.78. The maximum absolute atomic E-state index is 12.5. The van der Waals surface area contributed by atoms with Crippen molar-refractivity contribution in [2.75, 3.05) is 17.9 Å². The van der Waals surface area contributed by atoms with Gasteiger partial charge in [-0.15, -0.1) is 0 Å². The van der Waals surface area contributed by atoms with Crippen molar-refractivity contribution >= 4 is 27.8 Å². The van der Waals surface area contributed by atoms with Gasteiger partial charge in [0, 0.05) is 12.1 Å². The van der Waals surface area contributed by atoms with E-state index in [1.54, 1.807) is 18.2 Å². The zero-order valence-electron chi connectivity index (χ0n) is 13.0. The van der Waals surface area contributed by atoms with Gasteiger partial charge in [-0.2, -0.15) is 0 Å². The van der Waals surface area contributed by atoms with Crippen LogP contribution < -0.4 is 14.2 Å². The fraction of sp³-hybridized carbons (Fsp3) is 0.118. The average molecular weight is 361 g/mol. The Morgan fingerprint density at radius 1 is 1.04 bits per heavy atom. The number of benzene rings is 2. The molecule has 0 saturated heterocycles. The van der Waals surface area contributed by atoms with Crippen molar-refractivity contribution in [1.29, 1.82) is 0 Å². The summed E-state index contributed by atoms with van der Waals surface area (Å²) in [5.41, 5.74) is 0.944. The number of fused-ring (bicyclic) bond motifs is 1. The van der Waals surface area contributed by atoms with Gasteiger partial charge >= 0.3 is 5.97 Å². The number of ether oxygens (including phenoxy) is 2. The van der Waals surface area contributed by atoms with Crippen molar-refractivity contribution in [3.8, 4) is 11.5 Å². The van der Waals surface area contributed by atoms with Crippen molar-refractivity contribution in [3.63, 3.8) is 0 Å². The van der Waals surface area contributed by atoms with Gasteiger partial charge in [-0.1, -0.05) is 12.1 Å². The monoisotopic (exact) mass is 361 g/mol. The van der Waals surface area contributed by atoms with Crippen LogP contribution in [0.5, 0.6) is 11.5 Å². The number of aliphatic carboxylic acids is 1. The van der Waals surface area contributed by atoms with Gasteiger partial charge in [0.25, 0.3) is 10.0 Å². The van der Waals surface area contributed by atoms with Gasteiger partial charge < -0.3 is 14.6 Å². The van der Waals surface area contributed by atoms with Crippen LogP contribution in [0.4, 0.5) is 5.69 Å². The second-order valence-electron chi connectivity index (χ2n) is 5.20. The second kappa shape index (κ2) is 6.86. The number of hydrogen-bond acceptors (Lipinski definition) is 5. The number of rotatable bonds is 5. The van der Waals surface area contributed by atoms with Crippen LogP contribution in [-0.4, -0.2) is 32.7 Å². The number of sulfonamides is 1. The van der Waals surface area contributed by atoms with Crippen molar-refractivity contribution in [2.24, 2.45) is 0 Å². The van der Waals surface area contributed by atoms with Crippen molar-refractivity contribution in [2.45, 2.75) is 4.90 Å². The van der Waals surface area contributed by atoms with E-state index >= 15 is 0 Å². The SMILES string of the molecule is O=C(O)/C=C\c1ccc(S(=O)(=O)Nc2ccc3c(c2)OCCO3)cc1. The van der Waals surface area contributed by atoms with E-state index in [0.29, 0.717) is 36.0 Å². The summed E-state index contributed by atoms with van der Waals surface area (Å²) in [6, 6.07) is 10.7. The number of carbonyl (C=O) groups is 1. The molecule has 7 nitrogen and oxygen atoms in total. The van der Waals surface area contributed by atoms with E-state index in [2.05, 4.69) is 4.72 Å². The predicted molar refractivity (Wildman–Crippen MR) is 91.4 cm³/mol. The van der Waals surface area contributed by atoms with E-state index in [1.807, 2.05) is 0 Å². The van der Waals surface area contributed by atoms with Crippen LogP contribution in [-0.2, 0) is 14.8 Å². The van der Waals surface area contributed by atoms with Crippen molar-refractivity contribution in [1.82, 2.24) is 0 Å². The first-order valence-corrected chi connectivity index (χ1v) is 8.86. The molecule has 0 radical (unpaired) electrons. The van der Waals surface area contributed by atoms with Crippen molar-refractivity contribution < 1.29 is 27.8 Å². The van der Waals surface area contributed by atoms with Gasteiger partial charge in [0.05, 0.1) is 10.6 Å². The molecule has 1 aliphatic heterocycles. The summed E-state index contributed by atoms with van der Waals surface area (Å²) in [4.78, 5) is 10.6. The molecule has 130 valence electrons. The summed E-state index contributed by atoms with van der Waals surface area (Å²) in [6.07, 6.45) is 2.37. The fourth-order valence-corrected chi connectivity index (χ4v) is 3.30. The van der Waals surface area contributed by atoms with E-state index in [0.717, 1.165) is 6.08 Å². The molecule has 8 heteroatoms. The highest BCUT2D eigenvalue weighted by molar-refractivity contribution is 7.92. The molecule has 2 aromatic rings. The summed E-state index contributed by atoms with van der Waals surface area (Å²) in [7, 11) is -3.77. The Hall–Kier alpha value is -3.00. The molecule has 0 atom stereocenters. The predicted octanol–water partition coefficient (Wildman–Crippen LogP) is 2.36. The molecule has 0 saturated carbocycles. The molecule has 0 bridgehead atoms. The number of anilines is 1. The maximum Gasteiger partial charge on any atom is 0.328 e. The largest absolute Gasteiger partial charge is 0.486 e. The van der Waals surface area contributed by atoms with Gasteiger partial charge in [0.1, 0.15) is 13.2 Å². The molecule has 0 aliphatic carbocycles. The average Bonchev–Trinajstić information content (AvgIpc) is 2.60. The molecule has 25 heavy (non-hydrogen) atoms. The van der Waals surface area contributed by atoms with Crippen LogP contribution in [0, 0.1) is 0 Å². The summed E-state index contributed by atoms with van der Waals surface area (Å²) in [5, 5.41) is 8.60. The third-order valence-electron chi connectivity index (χ3n) is 3.40. The number of hydrogen-bond donors (Lipinski definition) is 2. The Morgan fingerprint density at radius 3 is 2.40 bits per heavy atom. The van der Waals surface area contributed by atoms with Gasteiger partial charge in [0.2, 0.25) is 0 Å². The smallest absolute Gasteiger partial charge is 0.328 e. The lowest BCUT2D eigenvalue weighted by Gasteiger charge is -2.19. The van der Waals surface area contributed by atoms with Crippen LogP contribution in [0.3, 0.4) is 0 Å². The molecule has 1 aliphatic rings. The molecule has 3 rings (SSSR count). The summed E-state index contributed by atoms with van der Waals surface area (Å²) in [5.74, 6) is -0.0126. The van der Waals surface area contributed by atoms with Crippen molar-refractivity contribution in [3.05, 3.63) is 54.1 Å². The van der Waals surface area contributed by atoms with Crippen LogP contribution in [0.25, 0.3) is 6.08 Å². The topological polar surface area (TPSA) is 102 Å². The van der Waals surface area contributed by atoms with E-state index in [1.165, 1.54) is 30.3 Å². The van der Waals surface area contributed by atoms with E-state index < -0.39 is 16.0 Å². The second-order valence-corrected chi connectivity index (χ2v) is 6.89. The summed E-state index contributed by atoms with van der Waals surface area (Å²) < 4.78 is 38.2. The van der Waals surface area contributed by atoms with Gasteiger partial charge in [-0.3, -0.25) is 4.72 Å². The Bertz CT molecular complexity index is 919. The minimum Gasteiger partial charge on any atom is -0.486 e. The molecular formula is C17H15NO6S. The standard InChI is InChI=1S/C17H15NO6S/c19-17(20)8-3-12-1-5-14(6-2-12)25(21,22)18-13-4-7-15-16(11-13)24-10-9-23-15/h1-8,11,18H,9-10H2,(H,19,20)/b8-3-. The maximum atomic E-state index is 12.5. The molecule has 0 fully saturated rings. The minimum absolute atomic E-state index is 0.0647. The Morgan fingerprint density at radius 2 is 1.72 bits per heavy atom. The summed E-state index contributed by atoms with van der Waals surface area (Å²) >= 11 is 0. The van der Waals surface area contributed by atoms with Crippen LogP contribution in [0.15, 0.2) is 53.4 Å². The molecule has 0 spiro atoms. The third-order valence-corrected chi connectivity index (χ3v) is 4.80. The lowest BCUT2D eigenvalue weighted by molar-refractivity contribution is -0.131. The minimum atomic E-state index is -3.77. The first-order valence-electron chi connectivity index (χ1n) is 7.37. The number of carboxylic acid groups (broad SMARTS) is 1. The molecule has 0 unspecified atom stereocenters. The molecule has 0 aromatic heterocycles. The Kier molecular flexibility index (Phi) is 4.62.